The van der Waals surface area contributed by atoms with Crippen LogP contribution in [0, 0.1) is 13.8 Å². The summed E-state index contributed by atoms with van der Waals surface area (Å²) in [6, 6.07) is 9.70. The Morgan fingerprint density at radius 3 is 2.33 bits per heavy atom. The molecule has 2 aromatic carbocycles. The second-order valence-electron chi connectivity index (χ2n) is 5.78. The molecule has 0 saturated carbocycles. The number of esters is 1. The highest BCUT2D eigenvalue weighted by Gasteiger charge is 2.25. The highest BCUT2D eigenvalue weighted by molar-refractivity contribution is 7.91. The number of benzene rings is 2. The van der Waals surface area contributed by atoms with Crippen LogP contribution in [-0.4, -0.2) is 34.6 Å². The molecular formula is C19H20O7S. The number of aryl methyl sites for hydroxylation is 2. The van der Waals surface area contributed by atoms with E-state index < -0.39 is 22.4 Å². The van der Waals surface area contributed by atoms with Crippen LogP contribution >= 0.6 is 0 Å². The summed E-state index contributed by atoms with van der Waals surface area (Å²) < 4.78 is 41.0. The summed E-state index contributed by atoms with van der Waals surface area (Å²) >= 11 is 0. The summed E-state index contributed by atoms with van der Waals surface area (Å²) in [5, 5.41) is 0. The Labute approximate surface area is 157 Å². The predicted molar refractivity (Wildman–Crippen MR) is 96.2 cm³/mol. The Kier molecular flexibility index (Phi) is 6.70. The molecule has 2 rings (SSSR count). The molecule has 0 heterocycles. The first-order valence-corrected chi connectivity index (χ1v) is 9.48. The third kappa shape index (κ3) is 4.72. The standard InChI is InChI=1S/C19H20O7S/c1-13-8-16(24-3)9-14(2)19(13)27(22,23)17-7-5-4-6-15(17)10-25-11-18(21)26-12-20/h4-9,12H,10-11H2,1-3H3. The zero-order valence-corrected chi connectivity index (χ0v) is 16.0. The number of methoxy groups -OCH3 is 1. The minimum atomic E-state index is -3.82. The van der Waals surface area contributed by atoms with Crippen molar-refractivity contribution in [2.45, 2.75) is 30.2 Å². The van der Waals surface area contributed by atoms with Crippen molar-refractivity contribution in [3.8, 4) is 5.75 Å². The second kappa shape index (κ2) is 8.79. The van der Waals surface area contributed by atoms with Gasteiger partial charge >= 0.3 is 12.4 Å². The molecule has 0 aliphatic rings. The summed E-state index contributed by atoms with van der Waals surface area (Å²) in [4.78, 5) is 21.6. The molecule has 0 amide bonds. The summed E-state index contributed by atoms with van der Waals surface area (Å²) in [5.41, 5.74) is 1.53. The molecule has 0 spiro atoms. The normalized spacial score (nSPS) is 11.1. The highest BCUT2D eigenvalue weighted by atomic mass is 32.2. The van der Waals surface area contributed by atoms with Gasteiger partial charge in [-0.3, -0.25) is 4.79 Å². The smallest absolute Gasteiger partial charge is 0.339 e. The van der Waals surface area contributed by atoms with Crippen LogP contribution in [0.5, 0.6) is 5.75 Å². The van der Waals surface area contributed by atoms with Crippen LogP contribution in [0.2, 0.25) is 0 Å². The molecule has 0 N–H and O–H groups in total. The van der Waals surface area contributed by atoms with Crippen LogP contribution in [0.15, 0.2) is 46.2 Å². The van der Waals surface area contributed by atoms with Gasteiger partial charge < -0.3 is 14.2 Å². The van der Waals surface area contributed by atoms with Gasteiger partial charge in [0.25, 0.3) is 0 Å². The fourth-order valence-electron chi connectivity index (χ4n) is 2.78. The first-order valence-electron chi connectivity index (χ1n) is 8.00. The van der Waals surface area contributed by atoms with E-state index in [9.17, 15) is 18.0 Å². The van der Waals surface area contributed by atoms with Crippen molar-refractivity contribution < 1.29 is 32.2 Å². The molecular weight excluding hydrogens is 372 g/mol. The minimum Gasteiger partial charge on any atom is -0.497 e. The van der Waals surface area contributed by atoms with E-state index in [1.54, 1.807) is 44.2 Å². The number of hydrogen-bond donors (Lipinski definition) is 0. The van der Waals surface area contributed by atoms with Crippen molar-refractivity contribution in [2.24, 2.45) is 0 Å². The van der Waals surface area contributed by atoms with Gasteiger partial charge in [0.05, 0.1) is 23.5 Å². The monoisotopic (exact) mass is 392 g/mol. The number of sulfone groups is 1. The zero-order chi connectivity index (χ0) is 20.0. The first-order chi connectivity index (χ1) is 12.8. The van der Waals surface area contributed by atoms with E-state index in [-0.39, 0.29) is 22.9 Å². The highest BCUT2D eigenvalue weighted by Crippen LogP contribution is 2.32. The lowest BCUT2D eigenvalue weighted by atomic mass is 10.1. The Hall–Kier alpha value is -2.71. The maximum Gasteiger partial charge on any atom is 0.339 e. The van der Waals surface area contributed by atoms with E-state index in [4.69, 9.17) is 9.47 Å². The molecule has 0 aliphatic carbocycles. The van der Waals surface area contributed by atoms with Gasteiger partial charge in [0, 0.05) is 0 Å². The van der Waals surface area contributed by atoms with Crippen LogP contribution in [0.25, 0.3) is 0 Å². The van der Waals surface area contributed by atoms with Gasteiger partial charge in [-0.15, -0.1) is 0 Å². The molecule has 0 saturated heterocycles. The third-order valence-electron chi connectivity index (χ3n) is 3.86. The van der Waals surface area contributed by atoms with Crippen molar-refractivity contribution in [1.29, 1.82) is 0 Å². The van der Waals surface area contributed by atoms with Crippen molar-refractivity contribution in [3.05, 3.63) is 53.1 Å². The molecule has 0 aromatic heterocycles. The third-order valence-corrected chi connectivity index (χ3v) is 6.02. The average molecular weight is 392 g/mol. The van der Waals surface area contributed by atoms with Gasteiger partial charge in [-0.1, -0.05) is 18.2 Å². The summed E-state index contributed by atoms with van der Waals surface area (Å²) in [6.07, 6.45) is 0. The first kappa shape index (κ1) is 20.6. The quantitative estimate of drug-likeness (QED) is 0.386. The topological polar surface area (TPSA) is 96.0 Å². The molecule has 0 radical (unpaired) electrons. The number of carbonyl (C=O) groups excluding carboxylic acids is 2. The molecule has 2 aromatic rings. The van der Waals surface area contributed by atoms with Crippen LogP contribution in [0.4, 0.5) is 0 Å². The van der Waals surface area contributed by atoms with Crippen molar-refractivity contribution in [1.82, 2.24) is 0 Å². The van der Waals surface area contributed by atoms with E-state index in [0.717, 1.165) is 0 Å². The van der Waals surface area contributed by atoms with Gasteiger partial charge in [0.15, 0.2) is 0 Å². The van der Waals surface area contributed by atoms with Gasteiger partial charge in [0.2, 0.25) is 9.84 Å². The molecule has 144 valence electrons. The maximum atomic E-state index is 13.3. The minimum absolute atomic E-state index is 0.0132. The van der Waals surface area contributed by atoms with Crippen LogP contribution < -0.4 is 4.74 Å². The molecule has 0 unspecified atom stereocenters. The van der Waals surface area contributed by atoms with Crippen LogP contribution in [0.1, 0.15) is 16.7 Å². The lowest BCUT2D eigenvalue weighted by Gasteiger charge is -2.15. The molecule has 0 bridgehead atoms. The van der Waals surface area contributed by atoms with Gasteiger partial charge in [-0.2, -0.15) is 0 Å². The SMILES string of the molecule is COc1cc(C)c(S(=O)(=O)c2ccccc2COCC(=O)OC=O)c(C)c1. The fourth-order valence-corrected chi connectivity index (χ4v) is 4.69. The Balaban J connectivity index is 2.38. The average Bonchev–Trinajstić information content (AvgIpc) is 2.61. The van der Waals surface area contributed by atoms with E-state index in [1.807, 2.05) is 0 Å². The van der Waals surface area contributed by atoms with Gasteiger partial charge in [-0.25, -0.2) is 13.2 Å². The lowest BCUT2D eigenvalue weighted by Crippen LogP contribution is -2.13. The summed E-state index contributed by atoms with van der Waals surface area (Å²) in [6.45, 7) is 2.83. The van der Waals surface area contributed by atoms with Crippen LogP contribution in [0.3, 0.4) is 0 Å². The fraction of sp³-hybridized carbons (Fsp3) is 0.263. The Morgan fingerprint density at radius 2 is 1.74 bits per heavy atom. The molecule has 7 nitrogen and oxygen atoms in total. The van der Waals surface area contributed by atoms with Crippen molar-refractivity contribution >= 4 is 22.3 Å². The number of hydrogen-bond acceptors (Lipinski definition) is 7. The van der Waals surface area contributed by atoms with E-state index in [0.29, 0.717) is 22.4 Å². The van der Waals surface area contributed by atoms with E-state index in [2.05, 4.69) is 4.74 Å². The van der Waals surface area contributed by atoms with Crippen molar-refractivity contribution in [2.75, 3.05) is 13.7 Å². The number of rotatable bonds is 8. The molecule has 0 fully saturated rings. The van der Waals surface area contributed by atoms with E-state index in [1.165, 1.54) is 13.2 Å². The molecule has 8 heteroatoms. The van der Waals surface area contributed by atoms with E-state index >= 15 is 0 Å². The molecule has 0 atom stereocenters. The zero-order valence-electron chi connectivity index (χ0n) is 15.2. The molecule has 0 aliphatic heterocycles. The maximum absolute atomic E-state index is 13.3. The summed E-state index contributed by atoms with van der Waals surface area (Å²) in [5.74, 6) is -0.276. The second-order valence-corrected chi connectivity index (χ2v) is 7.64. The Morgan fingerprint density at radius 1 is 1.11 bits per heavy atom. The molecule has 27 heavy (non-hydrogen) atoms. The summed E-state index contributed by atoms with van der Waals surface area (Å²) in [7, 11) is -2.31. The largest absolute Gasteiger partial charge is 0.497 e. The Bertz CT molecular complexity index is 925. The van der Waals surface area contributed by atoms with Crippen molar-refractivity contribution in [3.63, 3.8) is 0 Å². The predicted octanol–water partition coefficient (Wildman–Crippen LogP) is 2.36. The van der Waals surface area contributed by atoms with Gasteiger partial charge in [0.1, 0.15) is 12.4 Å². The van der Waals surface area contributed by atoms with Crippen LogP contribution in [-0.2, 0) is 35.5 Å². The number of carbonyl (C=O) groups is 2. The lowest BCUT2D eigenvalue weighted by molar-refractivity contribution is -0.155. The van der Waals surface area contributed by atoms with Gasteiger partial charge in [-0.05, 0) is 48.7 Å². The number of ether oxygens (including phenoxy) is 3.